The third kappa shape index (κ3) is 3.39. The predicted octanol–water partition coefficient (Wildman–Crippen LogP) is 3.56. The minimum Gasteiger partial charge on any atom is -0.505 e. The first-order chi connectivity index (χ1) is 12.4. The first-order valence-corrected chi connectivity index (χ1v) is 7.86. The zero-order valence-electron chi connectivity index (χ0n) is 13.9. The Balaban J connectivity index is 1.99. The molecule has 2 aromatic carbocycles. The second-order valence-electron chi connectivity index (χ2n) is 5.89. The molecule has 26 heavy (non-hydrogen) atoms. The van der Waals surface area contributed by atoms with E-state index < -0.39 is 28.7 Å². The Kier molecular flexibility index (Phi) is 4.67. The lowest BCUT2D eigenvalue weighted by Gasteiger charge is -2.12. The molecule has 0 fully saturated rings. The summed E-state index contributed by atoms with van der Waals surface area (Å²) in [5.41, 5.74) is 0.806. The van der Waals surface area contributed by atoms with Gasteiger partial charge in [0, 0.05) is 17.8 Å². The zero-order chi connectivity index (χ0) is 18.8. The molecule has 0 saturated heterocycles. The molecule has 6 heteroatoms. The molecule has 1 aromatic heterocycles. The highest BCUT2D eigenvalue weighted by Gasteiger charge is 2.16. The van der Waals surface area contributed by atoms with Crippen LogP contribution < -0.4 is 5.56 Å². The third-order valence-corrected chi connectivity index (χ3v) is 4.04. The second kappa shape index (κ2) is 6.92. The molecule has 4 nitrogen and oxygen atoms in total. The Morgan fingerprint density at radius 1 is 1.04 bits per heavy atom. The monoisotopic (exact) mass is 355 g/mol. The third-order valence-electron chi connectivity index (χ3n) is 4.04. The number of aromatic nitrogens is 1. The minimum absolute atomic E-state index is 0.0478. The van der Waals surface area contributed by atoms with Gasteiger partial charge in [0.25, 0.3) is 5.56 Å². The topological polar surface area (TPSA) is 59.3 Å². The number of pyridine rings is 1. The average molecular weight is 355 g/mol. The molecule has 0 aliphatic rings. The molecule has 132 valence electrons. The number of carbonyl (C=O) groups is 1. The van der Waals surface area contributed by atoms with Gasteiger partial charge in [-0.2, -0.15) is 0 Å². The van der Waals surface area contributed by atoms with Gasteiger partial charge in [-0.25, -0.2) is 8.78 Å². The van der Waals surface area contributed by atoms with Crippen LogP contribution in [-0.2, 0) is 6.42 Å². The number of rotatable bonds is 4. The summed E-state index contributed by atoms with van der Waals surface area (Å²) in [4.78, 5) is 25.3. The first-order valence-electron chi connectivity index (χ1n) is 7.86. The van der Waals surface area contributed by atoms with Crippen molar-refractivity contribution in [1.82, 2.24) is 4.57 Å². The lowest BCUT2D eigenvalue weighted by molar-refractivity contribution is 0.0991. The SMILES string of the molecule is Cc1ccc(C(=O)Cc2ccc(O)c(F)c2)c(=O)n1-c1ccc(F)cc1. The number of Topliss-reactive ketones (excluding diaryl/α,β-unsaturated/α-hetero) is 1. The van der Waals surface area contributed by atoms with E-state index in [9.17, 15) is 23.5 Å². The van der Waals surface area contributed by atoms with Gasteiger partial charge in [-0.1, -0.05) is 6.07 Å². The Labute approximate surface area is 148 Å². The maximum Gasteiger partial charge on any atom is 0.266 e. The fourth-order valence-electron chi connectivity index (χ4n) is 2.69. The molecular weight excluding hydrogens is 340 g/mol. The number of aryl methyl sites for hydroxylation is 1. The van der Waals surface area contributed by atoms with Crippen LogP contribution >= 0.6 is 0 Å². The van der Waals surface area contributed by atoms with E-state index in [2.05, 4.69) is 0 Å². The molecule has 0 atom stereocenters. The van der Waals surface area contributed by atoms with Gasteiger partial charge >= 0.3 is 0 Å². The molecular formula is C20H15F2NO3. The molecule has 0 unspecified atom stereocenters. The van der Waals surface area contributed by atoms with E-state index in [1.54, 1.807) is 13.0 Å². The van der Waals surface area contributed by atoms with Crippen LogP contribution in [0.3, 0.4) is 0 Å². The molecule has 0 amide bonds. The summed E-state index contributed by atoms with van der Waals surface area (Å²) in [6, 6.07) is 12.0. The highest BCUT2D eigenvalue weighted by molar-refractivity contribution is 5.97. The van der Waals surface area contributed by atoms with Crippen LogP contribution in [0.25, 0.3) is 5.69 Å². The number of nitrogens with zero attached hydrogens (tertiary/aromatic N) is 1. The average Bonchev–Trinajstić information content (AvgIpc) is 2.60. The Morgan fingerprint density at radius 2 is 1.73 bits per heavy atom. The van der Waals surface area contributed by atoms with Crippen molar-refractivity contribution in [3.63, 3.8) is 0 Å². The fraction of sp³-hybridized carbons (Fsp3) is 0.100. The number of carbonyl (C=O) groups excluding carboxylic acids is 1. The molecule has 3 aromatic rings. The second-order valence-corrected chi connectivity index (χ2v) is 5.89. The summed E-state index contributed by atoms with van der Waals surface area (Å²) in [7, 11) is 0. The highest BCUT2D eigenvalue weighted by Crippen LogP contribution is 2.17. The molecule has 3 rings (SSSR count). The summed E-state index contributed by atoms with van der Waals surface area (Å²) in [5.74, 6) is -2.24. The maximum atomic E-state index is 13.4. The van der Waals surface area contributed by atoms with Crippen molar-refractivity contribution in [1.29, 1.82) is 0 Å². The van der Waals surface area contributed by atoms with Crippen molar-refractivity contribution in [2.45, 2.75) is 13.3 Å². The normalized spacial score (nSPS) is 10.7. The lowest BCUT2D eigenvalue weighted by Crippen LogP contribution is -2.27. The minimum atomic E-state index is -0.831. The van der Waals surface area contributed by atoms with Crippen molar-refractivity contribution in [2.75, 3.05) is 0 Å². The van der Waals surface area contributed by atoms with E-state index in [4.69, 9.17) is 0 Å². The molecule has 0 aliphatic carbocycles. The van der Waals surface area contributed by atoms with E-state index >= 15 is 0 Å². The number of phenolic OH excluding ortho intramolecular Hbond substituents is 1. The van der Waals surface area contributed by atoms with Gasteiger partial charge < -0.3 is 5.11 Å². The molecule has 0 saturated carbocycles. The molecule has 1 heterocycles. The molecule has 1 N–H and O–H groups in total. The Morgan fingerprint density at radius 3 is 2.38 bits per heavy atom. The fourth-order valence-corrected chi connectivity index (χ4v) is 2.69. The number of phenols is 1. The number of ketones is 1. The van der Waals surface area contributed by atoms with Gasteiger partial charge in [0.15, 0.2) is 17.3 Å². The van der Waals surface area contributed by atoms with E-state index in [-0.39, 0.29) is 12.0 Å². The van der Waals surface area contributed by atoms with Crippen molar-refractivity contribution >= 4 is 5.78 Å². The van der Waals surface area contributed by atoms with Crippen LogP contribution in [-0.4, -0.2) is 15.5 Å². The number of hydrogen-bond donors (Lipinski definition) is 1. The summed E-state index contributed by atoms with van der Waals surface area (Å²) in [6.07, 6.45) is -0.182. The van der Waals surface area contributed by atoms with E-state index in [1.165, 1.54) is 41.0 Å². The van der Waals surface area contributed by atoms with Crippen molar-refractivity contribution in [2.24, 2.45) is 0 Å². The summed E-state index contributed by atoms with van der Waals surface area (Å²) in [5, 5.41) is 9.21. The molecule has 0 bridgehead atoms. The molecule has 0 spiro atoms. The Bertz CT molecular complexity index is 1040. The van der Waals surface area contributed by atoms with Crippen LogP contribution in [0.15, 0.2) is 59.4 Å². The van der Waals surface area contributed by atoms with E-state index in [0.29, 0.717) is 16.9 Å². The predicted molar refractivity (Wildman–Crippen MR) is 92.8 cm³/mol. The largest absolute Gasteiger partial charge is 0.505 e. The van der Waals surface area contributed by atoms with Crippen LogP contribution in [0.4, 0.5) is 8.78 Å². The van der Waals surface area contributed by atoms with Crippen LogP contribution in [0.5, 0.6) is 5.75 Å². The zero-order valence-corrected chi connectivity index (χ0v) is 13.9. The molecule has 0 radical (unpaired) electrons. The standard InChI is InChI=1S/C20H15F2NO3/c1-12-2-8-16(19(25)11-13-3-9-18(24)17(22)10-13)20(26)23(12)15-6-4-14(21)5-7-15/h2-10,24H,11H2,1H3. The van der Waals surface area contributed by atoms with Crippen LogP contribution in [0.2, 0.25) is 0 Å². The van der Waals surface area contributed by atoms with Gasteiger partial charge in [0.1, 0.15) is 5.82 Å². The first kappa shape index (κ1) is 17.5. The van der Waals surface area contributed by atoms with E-state index in [1.807, 2.05) is 0 Å². The summed E-state index contributed by atoms with van der Waals surface area (Å²) in [6.45, 7) is 1.70. The van der Waals surface area contributed by atoms with Crippen LogP contribution in [0.1, 0.15) is 21.6 Å². The number of benzene rings is 2. The summed E-state index contributed by atoms with van der Waals surface area (Å²) < 4.78 is 27.9. The van der Waals surface area contributed by atoms with Crippen molar-refractivity contribution < 1.29 is 18.7 Å². The number of aromatic hydroxyl groups is 1. The van der Waals surface area contributed by atoms with Gasteiger partial charge in [-0.15, -0.1) is 0 Å². The number of hydrogen-bond acceptors (Lipinski definition) is 3. The smallest absolute Gasteiger partial charge is 0.266 e. The lowest BCUT2D eigenvalue weighted by atomic mass is 10.0. The Hall–Kier alpha value is -3.28. The highest BCUT2D eigenvalue weighted by atomic mass is 19.1. The van der Waals surface area contributed by atoms with Crippen LogP contribution in [0, 0.1) is 18.6 Å². The van der Waals surface area contributed by atoms with Gasteiger partial charge in [-0.3, -0.25) is 14.2 Å². The molecule has 0 aliphatic heterocycles. The quantitative estimate of drug-likeness (QED) is 0.728. The van der Waals surface area contributed by atoms with Crippen molar-refractivity contribution in [3.8, 4) is 11.4 Å². The summed E-state index contributed by atoms with van der Waals surface area (Å²) >= 11 is 0. The van der Waals surface area contributed by atoms with Gasteiger partial charge in [0.05, 0.1) is 5.56 Å². The van der Waals surface area contributed by atoms with E-state index in [0.717, 1.165) is 12.1 Å². The maximum absolute atomic E-state index is 13.4. The van der Waals surface area contributed by atoms with Gasteiger partial charge in [0.2, 0.25) is 0 Å². The van der Waals surface area contributed by atoms with Gasteiger partial charge in [-0.05, 0) is 61.0 Å². The number of halogens is 2. The van der Waals surface area contributed by atoms with Crippen molar-refractivity contribution in [3.05, 3.63) is 93.4 Å².